The number of rotatable bonds is 1. The average molecular weight is 314 g/mol. The largest absolute Gasteiger partial charge is 0.0831 e. The molecule has 1 aliphatic carbocycles. The Hall–Kier alpha value is -0.340. The predicted octanol–water partition coefficient (Wildman–Crippen LogP) is 4.91. The van der Waals surface area contributed by atoms with Gasteiger partial charge in [-0.05, 0) is 30.0 Å². The zero-order valence-electron chi connectivity index (χ0n) is 7.63. The highest BCUT2D eigenvalue weighted by Crippen LogP contribution is 2.35. The van der Waals surface area contributed by atoms with Crippen molar-refractivity contribution in [1.82, 2.24) is 0 Å². The van der Waals surface area contributed by atoms with E-state index in [0.717, 1.165) is 12.8 Å². The number of allylic oxidation sites excluding steroid dienone is 4. The molecule has 14 heavy (non-hydrogen) atoms. The van der Waals surface area contributed by atoms with Crippen molar-refractivity contribution >= 4 is 37.4 Å². The molecule has 0 nitrogen and oxygen atoms in total. The van der Waals surface area contributed by atoms with Crippen LogP contribution in [0.3, 0.4) is 0 Å². The topological polar surface area (TPSA) is 0 Å². The van der Waals surface area contributed by atoms with E-state index in [9.17, 15) is 0 Å². The van der Waals surface area contributed by atoms with Gasteiger partial charge < -0.3 is 0 Å². The van der Waals surface area contributed by atoms with Crippen LogP contribution in [0.4, 0.5) is 0 Å². The standard InChI is InChI=1S/C12H10Br2/c13-11-7-3-1-5-9(11)10-6-2-4-8-12(10)14/h1,3-5,7-8H,2,6H2. The second kappa shape index (κ2) is 4.45. The smallest absolute Gasteiger partial charge is 0.0250 e. The molecule has 1 aromatic rings. The normalized spacial score (nSPS) is 16.1. The first kappa shape index (κ1) is 10.2. The van der Waals surface area contributed by atoms with Crippen molar-refractivity contribution in [2.24, 2.45) is 0 Å². The molecule has 0 unspecified atom stereocenters. The monoisotopic (exact) mass is 312 g/mol. The van der Waals surface area contributed by atoms with Crippen molar-refractivity contribution in [2.75, 3.05) is 0 Å². The van der Waals surface area contributed by atoms with Gasteiger partial charge in [0.05, 0.1) is 0 Å². The van der Waals surface area contributed by atoms with Crippen LogP contribution < -0.4 is 0 Å². The van der Waals surface area contributed by atoms with E-state index in [0.29, 0.717) is 0 Å². The Morgan fingerprint density at radius 1 is 1.07 bits per heavy atom. The molecule has 0 saturated heterocycles. The van der Waals surface area contributed by atoms with Gasteiger partial charge in [-0.3, -0.25) is 0 Å². The van der Waals surface area contributed by atoms with Gasteiger partial charge in [-0.2, -0.15) is 0 Å². The lowest BCUT2D eigenvalue weighted by Gasteiger charge is -2.13. The van der Waals surface area contributed by atoms with Crippen molar-refractivity contribution in [2.45, 2.75) is 12.8 Å². The molecular weight excluding hydrogens is 304 g/mol. The van der Waals surface area contributed by atoms with Crippen LogP contribution in [0.2, 0.25) is 0 Å². The minimum Gasteiger partial charge on any atom is -0.0831 e. The fourth-order valence-corrected chi connectivity index (χ4v) is 2.73. The van der Waals surface area contributed by atoms with Crippen LogP contribution in [0.5, 0.6) is 0 Å². The fourth-order valence-electron chi connectivity index (χ4n) is 1.60. The van der Waals surface area contributed by atoms with Gasteiger partial charge in [0.1, 0.15) is 0 Å². The number of halogens is 2. The van der Waals surface area contributed by atoms with E-state index < -0.39 is 0 Å². The SMILES string of the molecule is BrC1=C(c2ccccc2Br)CCC=C1. The molecule has 0 heterocycles. The summed E-state index contributed by atoms with van der Waals surface area (Å²) in [4.78, 5) is 0. The Balaban J connectivity index is 2.49. The maximum absolute atomic E-state index is 3.60. The zero-order chi connectivity index (χ0) is 9.97. The van der Waals surface area contributed by atoms with Gasteiger partial charge in [0, 0.05) is 8.96 Å². The maximum Gasteiger partial charge on any atom is 0.0250 e. The molecule has 0 radical (unpaired) electrons. The van der Waals surface area contributed by atoms with Crippen LogP contribution in [0.25, 0.3) is 5.57 Å². The second-order valence-corrected chi connectivity index (χ2v) is 4.96. The van der Waals surface area contributed by atoms with Gasteiger partial charge in [-0.1, -0.05) is 62.2 Å². The van der Waals surface area contributed by atoms with Gasteiger partial charge in [-0.15, -0.1) is 0 Å². The predicted molar refractivity (Wildman–Crippen MR) is 68.4 cm³/mol. The molecule has 2 rings (SSSR count). The molecule has 0 spiro atoms. The average Bonchev–Trinajstić information content (AvgIpc) is 2.20. The van der Waals surface area contributed by atoms with E-state index >= 15 is 0 Å². The van der Waals surface area contributed by atoms with Gasteiger partial charge in [0.15, 0.2) is 0 Å². The lowest BCUT2D eigenvalue weighted by atomic mass is 9.97. The van der Waals surface area contributed by atoms with Crippen LogP contribution in [0, 0.1) is 0 Å². The Morgan fingerprint density at radius 2 is 1.86 bits per heavy atom. The van der Waals surface area contributed by atoms with Crippen molar-refractivity contribution in [3.63, 3.8) is 0 Å². The van der Waals surface area contributed by atoms with Crippen molar-refractivity contribution in [1.29, 1.82) is 0 Å². The summed E-state index contributed by atoms with van der Waals surface area (Å²) in [7, 11) is 0. The van der Waals surface area contributed by atoms with Crippen LogP contribution in [0.15, 0.2) is 45.4 Å². The van der Waals surface area contributed by atoms with E-state index in [-0.39, 0.29) is 0 Å². The van der Waals surface area contributed by atoms with Crippen molar-refractivity contribution < 1.29 is 0 Å². The third-order valence-corrected chi connectivity index (χ3v) is 3.75. The van der Waals surface area contributed by atoms with Gasteiger partial charge in [0.2, 0.25) is 0 Å². The maximum atomic E-state index is 3.60. The Kier molecular flexibility index (Phi) is 3.24. The summed E-state index contributed by atoms with van der Waals surface area (Å²) in [6.07, 6.45) is 6.58. The zero-order valence-corrected chi connectivity index (χ0v) is 10.8. The summed E-state index contributed by atoms with van der Waals surface area (Å²) in [6.45, 7) is 0. The summed E-state index contributed by atoms with van der Waals surface area (Å²) in [5.74, 6) is 0. The molecule has 0 amide bonds. The summed E-state index contributed by atoms with van der Waals surface area (Å²) in [5.41, 5.74) is 2.68. The molecule has 1 aliphatic rings. The van der Waals surface area contributed by atoms with Crippen molar-refractivity contribution in [3.8, 4) is 0 Å². The van der Waals surface area contributed by atoms with Crippen LogP contribution in [0.1, 0.15) is 18.4 Å². The van der Waals surface area contributed by atoms with Crippen LogP contribution >= 0.6 is 31.9 Å². The van der Waals surface area contributed by atoms with E-state index in [4.69, 9.17) is 0 Å². The van der Waals surface area contributed by atoms with Crippen molar-refractivity contribution in [3.05, 3.63) is 50.9 Å². The summed E-state index contributed by atoms with van der Waals surface area (Å²) in [5, 5.41) is 0. The highest BCUT2D eigenvalue weighted by atomic mass is 79.9. The highest BCUT2D eigenvalue weighted by Gasteiger charge is 2.10. The molecule has 0 aromatic heterocycles. The second-order valence-electron chi connectivity index (χ2n) is 3.25. The first-order valence-electron chi connectivity index (χ1n) is 4.59. The number of hydrogen-bond acceptors (Lipinski definition) is 0. The molecule has 0 atom stereocenters. The van der Waals surface area contributed by atoms with Crippen LogP contribution in [-0.4, -0.2) is 0 Å². The third kappa shape index (κ3) is 2.01. The molecular formula is C12H10Br2. The molecule has 0 bridgehead atoms. The summed E-state index contributed by atoms with van der Waals surface area (Å²) < 4.78 is 2.37. The van der Waals surface area contributed by atoms with E-state index in [1.807, 2.05) is 6.07 Å². The van der Waals surface area contributed by atoms with E-state index in [1.54, 1.807) is 0 Å². The number of hydrogen-bond donors (Lipinski definition) is 0. The molecule has 0 fully saturated rings. The Bertz CT molecular complexity index is 403. The number of benzene rings is 1. The van der Waals surface area contributed by atoms with E-state index in [1.165, 1.54) is 20.1 Å². The van der Waals surface area contributed by atoms with Gasteiger partial charge in [0.25, 0.3) is 0 Å². The Morgan fingerprint density at radius 3 is 2.57 bits per heavy atom. The molecule has 0 N–H and O–H groups in total. The Labute approximate surface area is 101 Å². The summed E-state index contributed by atoms with van der Waals surface area (Å²) >= 11 is 7.18. The minimum absolute atomic E-state index is 1.11. The molecule has 2 heteroatoms. The lowest BCUT2D eigenvalue weighted by Crippen LogP contribution is -1.91. The third-order valence-electron chi connectivity index (χ3n) is 2.31. The quantitative estimate of drug-likeness (QED) is 0.691. The molecule has 1 aromatic carbocycles. The molecule has 0 saturated carbocycles. The first-order chi connectivity index (χ1) is 6.79. The highest BCUT2D eigenvalue weighted by molar-refractivity contribution is 9.12. The van der Waals surface area contributed by atoms with Gasteiger partial charge >= 0.3 is 0 Å². The fraction of sp³-hybridized carbons (Fsp3) is 0.167. The minimum atomic E-state index is 1.11. The van der Waals surface area contributed by atoms with Crippen LogP contribution in [-0.2, 0) is 0 Å². The molecule has 72 valence electrons. The molecule has 0 aliphatic heterocycles. The first-order valence-corrected chi connectivity index (χ1v) is 6.18. The van der Waals surface area contributed by atoms with Gasteiger partial charge in [-0.25, -0.2) is 0 Å². The lowest BCUT2D eigenvalue weighted by molar-refractivity contribution is 1.05. The van der Waals surface area contributed by atoms with E-state index in [2.05, 4.69) is 62.2 Å². The summed E-state index contributed by atoms with van der Waals surface area (Å²) in [6, 6.07) is 8.35.